The van der Waals surface area contributed by atoms with E-state index in [-0.39, 0.29) is 11.3 Å². The second kappa shape index (κ2) is 8.77. The summed E-state index contributed by atoms with van der Waals surface area (Å²) in [6.45, 7) is 12.8. The molecule has 142 valence electrons. The maximum atomic E-state index is 12.8. The fourth-order valence-corrected chi connectivity index (χ4v) is 3.25. The quantitative estimate of drug-likeness (QED) is 0.618. The Balaban J connectivity index is 2.15. The van der Waals surface area contributed by atoms with E-state index in [1.165, 1.54) is 0 Å². The number of amides is 1. The molecule has 0 bridgehead atoms. The van der Waals surface area contributed by atoms with Crippen molar-refractivity contribution in [1.82, 2.24) is 9.47 Å². The van der Waals surface area contributed by atoms with Gasteiger partial charge in [-0.05, 0) is 41.2 Å². The van der Waals surface area contributed by atoms with Crippen LogP contribution in [0, 0.1) is 11.3 Å². The maximum absolute atomic E-state index is 12.8. The second-order valence-corrected chi connectivity index (χ2v) is 9.10. The monoisotopic (exact) mass is 374 g/mol. The molecule has 0 aliphatic rings. The Morgan fingerprint density at radius 2 is 1.92 bits per heavy atom. The Bertz CT molecular complexity index is 728. The molecule has 4 heteroatoms. The van der Waals surface area contributed by atoms with Gasteiger partial charge in [0.05, 0.1) is 6.54 Å². The van der Waals surface area contributed by atoms with E-state index in [0.717, 1.165) is 29.4 Å². The number of nitrogens with zero attached hydrogens (tertiary/aromatic N) is 2. The minimum atomic E-state index is -0.00487. The predicted octanol–water partition coefficient (Wildman–Crippen LogP) is 5.61. The average Bonchev–Trinajstić information content (AvgIpc) is 2.91. The minimum Gasteiger partial charge on any atom is -0.345 e. The van der Waals surface area contributed by atoms with Gasteiger partial charge in [-0.3, -0.25) is 4.79 Å². The van der Waals surface area contributed by atoms with E-state index in [9.17, 15) is 4.79 Å². The van der Waals surface area contributed by atoms with Gasteiger partial charge in [-0.1, -0.05) is 58.4 Å². The van der Waals surface area contributed by atoms with E-state index >= 15 is 0 Å². The molecule has 0 atom stereocenters. The Hall–Kier alpha value is -1.74. The van der Waals surface area contributed by atoms with Crippen LogP contribution in [-0.2, 0) is 17.9 Å². The van der Waals surface area contributed by atoms with Crippen LogP contribution in [0.2, 0.25) is 5.02 Å². The molecular formula is C22H31ClN2O. The number of benzene rings is 1. The summed E-state index contributed by atoms with van der Waals surface area (Å²) in [6.07, 6.45) is 2.63. The largest absolute Gasteiger partial charge is 0.345 e. The molecule has 3 nitrogen and oxygen atoms in total. The Morgan fingerprint density at radius 1 is 1.19 bits per heavy atom. The standard InChI is InChI=1S/C22H31ClN2O/c1-17(2)14-25(21(26)13-22(3,4)5)16-20-10-7-11-24(20)15-18-8-6-9-19(23)12-18/h6-12,17H,13-16H2,1-5H3. The van der Waals surface area contributed by atoms with E-state index in [0.29, 0.717) is 18.9 Å². The van der Waals surface area contributed by atoms with Crippen molar-refractivity contribution in [1.29, 1.82) is 0 Å². The smallest absolute Gasteiger partial charge is 0.223 e. The molecule has 2 rings (SSSR count). The second-order valence-electron chi connectivity index (χ2n) is 8.66. The summed E-state index contributed by atoms with van der Waals surface area (Å²) >= 11 is 6.11. The van der Waals surface area contributed by atoms with Crippen molar-refractivity contribution in [3.05, 3.63) is 58.9 Å². The van der Waals surface area contributed by atoms with Crippen LogP contribution in [0.5, 0.6) is 0 Å². The minimum absolute atomic E-state index is 0.00487. The highest BCUT2D eigenvalue weighted by Crippen LogP contribution is 2.22. The van der Waals surface area contributed by atoms with Crippen molar-refractivity contribution in [3.8, 4) is 0 Å². The molecule has 0 radical (unpaired) electrons. The van der Waals surface area contributed by atoms with Crippen LogP contribution >= 0.6 is 11.6 Å². The van der Waals surface area contributed by atoms with Gasteiger partial charge >= 0.3 is 0 Å². The van der Waals surface area contributed by atoms with Gasteiger partial charge in [0.2, 0.25) is 5.91 Å². The highest BCUT2D eigenvalue weighted by molar-refractivity contribution is 6.30. The topological polar surface area (TPSA) is 25.2 Å². The number of hydrogen-bond acceptors (Lipinski definition) is 1. The molecule has 26 heavy (non-hydrogen) atoms. The van der Waals surface area contributed by atoms with Gasteiger partial charge in [0.1, 0.15) is 0 Å². The van der Waals surface area contributed by atoms with E-state index in [1.807, 2.05) is 29.2 Å². The normalized spacial score (nSPS) is 11.8. The molecule has 0 spiro atoms. The van der Waals surface area contributed by atoms with Gasteiger partial charge in [0, 0.05) is 36.4 Å². The highest BCUT2D eigenvalue weighted by Gasteiger charge is 2.22. The molecule has 1 aromatic heterocycles. The first-order chi connectivity index (χ1) is 12.1. The van der Waals surface area contributed by atoms with E-state index in [2.05, 4.69) is 57.5 Å². The zero-order valence-corrected chi connectivity index (χ0v) is 17.4. The first kappa shape index (κ1) is 20.6. The molecule has 0 unspecified atom stereocenters. The van der Waals surface area contributed by atoms with Crippen LogP contribution in [0.1, 0.15) is 52.3 Å². The molecule has 1 aromatic carbocycles. The van der Waals surface area contributed by atoms with Crippen molar-refractivity contribution < 1.29 is 4.79 Å². The van der Waals surface area contributed by atoms with Crippen LogP contribution < -0.4 is 0 Å². The third-order valence-electron chi connectivity index (χ3n) is 4.14. The molecule has 1 amide bonds. The lowest BCUT2D eigenvalue weighted by Crippen LogP contribution is -2.36. The molecule has 0 saturated carbocycles. The predicted molar refractivity (Wildman–Crippen MR) is 109 cm³/mol. The summed E-state index contributed by atoms with van der Waals surface area (Å²) in [6, 6.07) is 12.1. The van der Waals surface area contributed by atoms with E-state index < -0.39 is 0 Å². The third-order valence-corrected chi connectivity index (χ3v) is 4.37. The number of aromatic nitrogens is 1. The van der Waals surface area contributed by atoms with Gasteiger partial charge in [-0.15, -0.1) is 0 Å². The van der Waals surface area contributed by atoms with Crippen LogP contribution in [0.3, 0.4) is 0 Å². The molecule has 2 aromatic rings. The molecule has 0 N–H and O–H groups in total. The van der Waals surface area contributed by atoms with Gasteiger partial charge in [0.25, 0.3) is 0 Å². The number of halogens is 1. The molecular weight excluding hydrogens is 344 g/mol. The number of carbonyl (C=O) groups excluding carboxylic acids is 1. The fourth-order valence-electron chi connectivity index (χ4n) is 3.04. The summed E-state index contributed by atoms with van der Waals surface area (Å²) in [4.78, 5) is 14.8. The Kier molecular flexibility index (Phi) is 6.94. The van der Waals surface area contributed by atoms with E-state index in [4.69, 9.17) is 11.6 Å². The zero-order valence-electron chi connectivity index (χ0n) is 16.6. The number of rotatable bonds is 7. The van der Waals surface area contributed by atoms with Crippen molar-refractivity contribution in [2.75, 3.05) is 6.54 Å². The van der Waals surface area contributed by atoms with Crippen LogP contribution in [0.4, 0.5) is 0 Å². The van der Waals surface area contributed by atoms with Crippen LogP contribution in [-0.4, -0.2) is 21.9 Å². The van der Waals surface area contributed by atoms with Gasteiger partial charge in [-0.25, -0.2) is 0 Å². The van der Waals surface area contributed by atoms with E-state index in [1.54, 1.807) is 0 Å². The highest BCUT2D eigenvalue weighted by atomic mass is 35.5. The summed E-state index contributed by atoms with van der Waals surface area (Å²) < 4.78 is 2.20. The molecule has 0 aliphatic heterocycles. The lowest BCUT2D eigenvalue weighted by molar-refractivity contribution is -0.134. The molecule has 1 heterocycles. The zero-order chi connectivity index (χ0) is 19.3. The fraction of sp³-hybridized carbons (Fsp3) is 0.500. The Labute approximate surface area is 163 Å². The maximum Gasteiger partial charge on any atom is 0.223 e. The van der Waals surface area contributed by atoms with Crippen LogP contribution in [0.25, 0.3) is 0 Å². The SMILES string of the molecule is CC(C)CN(Cc1cccn1Cc1cccc(Cl)c1)C(=O)CC(C)(C)C. The Morgan fingerprint density at radius 3 is 2.54 bits per heavy atom. The van der Waals surface area contributed by atoms with Crippen molar-refractivity contribution in [2.45, 2.75) is 54.1 Å². The van der Waals surface area contributed by atoms with Crippen molar-refractivity contribution in [3.63, 3.8) is 0 Å². The van der Waals surface area contributed by atoms with Crippen LogP contribution in [0.15, 0.2) is 42.6 Å². The number of hydrogen-bond donors (Lipinski definition) is 0. The lowest BCUT2D eigenvalue weighted by Gasteiger charge is -2.28. The molecule has 0 saturated heterocycles. The summed E-state index contributed by atoms with van der Waals surface area (Å²) in [5.41, 5.74) is 2.30. The van der Waals surface area contributed by atoms with Gasteiger partial charge in [0.15, 0.2) is 0 Å². The van der Waals surface area contributed by atoms with Gasteiger partial charge in [-0.2, -0.15) is 0 Å². The molecule has 0 aliphatic carbocycles. The third kappa shape index (κ3) is 6.53. The summed E-state index contributed by atoms with van der Waals surface area (Å²) in [7, 11) is 0. The summed E-state index contributed by atoms with van der Waals surface area (Å²) in [5.74, 6) is 0.664. The molecule has 0 fully saturated rings. The van der Waals surface area contributed by atoms with Crippen molar-refractivity contribution >= 4 is 17.5 Å². The first-order valence-corrected chi connectivity index (χ1v) is 9.68. The average molecular weight is 375 g/mol. The van der Waals surface area contributed by atoms with Crippen molar-refractivity contribution in [2.24, 2.45) is 11.3 Å². The number of carbonyl (C=O) groups is 1. The van der Waals surface area contributed by atoms with Gasteiger partial charge < -0.3 is 9.47 Å². The first-order valence-electron chi connectivity index (χ1n) is 9.30. The summed E-state index contributed by atoms with van der Waals surface area (Å²) in [5, 5.41) is 0.748. The lowest BCUT2D eigenvalue weighted by atomic mass is 9.91.